The van der Waals surface area contributed by atoms with E-state index in [0.717, 1.165) is 26.6 Å². The fourth-order valence-corrected chi connectivity index (χ4v) is 2.56. The molecule has 0 aromatic heterocycles. The molecular formula is C14H7Cl3. The van der Waals surface area contributed by atoms with E-state index in [0.29, 0.717) is 10.0 Å². The molecule has 0 aliphatic rings. The molecule has 0 fully saturated rings. The van der Waals surface area contributed by atoms with Crippen LogP contribution in [0.15, 0.2) is 42.5 Å². The summed E-state index contributed by atoms with van der Waals surface area (Å²) in [4.78, 5) is 0. The summed E-state index contributed by atoms with van der Waals surface area (Å²) in [7, 11) is 0. The van der Waals surface area contributed by atoms with Crippen molar-refractivity contribution in [2.24, 2.45) is 0 Å². The monoisotopic (exact) mass is 280 g/mol. The second-order valence-electron chi connectivity index (χ2n) is 3.93. The standard InChI is InChI=1S/C14H7Cl3/c15-12-3-1-2-8-4-9-6-13(16)14(17)7-10(9)5-11(8)12/h1-7H. The van der Waals surface area contributed by atoms with Crippen molar-refractivity contribution in [2.75, 3.05) is 0 Å². The molecule has 3 aromatic carbocycles. The van der Waals surface area contributed by atoms with Gasteiger partial charge in [0.1, 0.15) is 0 Å². The van der Waals surface area contributed by atoms with Crippen LogP contribution in [0.25, 0.3) is 21.5 Å². The lowest BCUT2D eigenvalue weighted by Gasteiger charge is -2.05. The van der Waals surface area contributed by atoms with Crippen molar-refractivity contribution in [3.05, 3.63) is 57.5 Å². The minimum atomic E-state index is 0.561. The highest BCUT2D eigenvalue weighted by Crippen LogP contribution is 2.32. The first-order valence-electron chi connectivity index (χ1n) is 5.12. The topological polar surface area (TPSA) is 0 Å². The summed E-state index contributed by atoms with van der Waals surface area (Å²) in [5, 5.41) is 6.11. The first-order chi connectivity index (χ1) is 8.15. The van der Waals surface area contributed by atoms with Crippen LogP contribution in [-0.4, -0.2) is 0 Å². The van der Waals surface area contributed by atoms with Crippen molar-refractivity contribution in [3.63, 3.8) is 0 Å². The molecule has 0 unspecified atom stereocenters. The zero-order valence-electron chi connectivity index (χ0n) is 8.68. The summed E-state index contributed by atoms with van der Waals surface area (Å²) in [5.41, 5.74) is 0. The van der Waals surface area contributed by atoms with Gasteiger partial charge in [0.05, 0.1) is 10.0 Å². The quantitative estimate of drug-likeness (QED) is 0.446. The molecule has 0 atom stereocenters. The van der Waals surface area contributed by atoms with E-state index in [9.17, 15) is 0 Å². The largest absolute Gasteiger partial charge is 0.0837 e. The Morgan fingerprint density at radius 1 is 0.588 bits per heavy atom. The third-order valence-electron chi connectivity index (χ3n) is 2.82. The van der Waals surface area contributed by atoms with Gasteiger partial charge < -0.3 is 0 Å². The summed E-state index contributed by atoms with van der Waals surface area (Å²) < 4.78 is 0. The molecule has 0 spiro atoms. The lowest BCUT2D eigenvalue weighted by molar-refractivity contribution is 1.76. The predicted molar refractivity (Wildman–Crippen MR) is 76.5 cm³/mol. The second-order valence-corrected chi connectivity index (χ2v) is 5.15. The van der Waals surface area contributed by atoms with E-state index in [4.69, 9.17) is 34.8 Å². The molecule has 0 saturated carbocycles. The molecule has 17 heavy (non-hydrogen) atoms. The summed E-state index contributed by atoms with van der Waals surface area (Å²) >= 11 is 18.2. The fraction of sp³-hybridized carbons (Fsp3) is 0. The molecule has 0 nitrogen and oxygen atoms in total. The molecule has 0 aliphatic carbocycles. The Balaban J connectivity index is 2.48. The van der Waals surface area contributed by atoms with E-state index in [1.807, 2.05) is 36.4 Å². The van der Waals surface area contributed by atoms with Crippen molar-refractivity contribution < 1.29 is 0 Å². The highest BCUT2D eigenvalue weighted by atomic mass is 35.5. The van der Waals surface area contributed by atoms with Crippen LogP contribution >= 0.6 is 34.8 Å². The third-order valence-corrected chi connectivity index (χ3v) is 3.88. The van der Waals surface area contributed by atoms with E-state index in [1.165, 1.54) is 0 Å². The first kappa shape index (κ1) is 11.2. The van der Waals surface area contributed by atoms with Gasteiger partial charge in [-0.05, 0) is 46.5 Å². The molecule has 3 heteroatoms. The lowest BCUT2D eigenvalue weighted by atomic mass is 10.0. The Hall–Kier alpha value is -0.950. The SMILES string of the molecule is Clc1cc2cc3cccc(Cl)c3cc2cc1Cl. The van der Waals surface area contributed by atoms with Crippen LogP contribution in [0.5, 0.6) is 0 Å². The Morgan fingerprint density at radius 3 is 1.94 bits per heavy atom. The number of hydrogen-bond donors (Lipinski definition) is 0. The third kappa shape index (κ3) is 1.87. The van der Waals surface area contributed by atoms with Gasteiger partial charge in [0.2, 0.25) is 0 Å². The molecule has 0 heterocycles. The van der Waals surface area contributed by atoms with Gasteiger partial charge in [-0.1, -0.05) is 46.9 Å². The summed E-state index contributed by atoms with van der Waals surface area (Å²) in [6, 6.07) is 13.7. The summed E-state index contributed by atoms with van der Waals surface area (Å²) in [6.45, 7) is 0. The van der Waals surface area contributed by atoms with Crippen LogP contribution in [0.4, 0.5) is 0 Å². The van der Waals surface area contributed by atoms with E-state index < -0.39 is 0 Å². The number of halogens is 3. The minimum Gasteiger partial charge on any atom is -0.0837 e. The van der Waals surface area contributed by atoms with E-state index in [-0.39, 0.29) is 0 Å². The average Bonchev–Trinajstić information content (AvgIpc) is 2.29. The van der Waals surface area contributed by atoms with Gasteiger partial charge in [0, 0.05) is 10.4 Å². The maximum absolute atomic E-state index is 6.17. The zero-order chi connectivity index (χ0) is 12.0. The van der Waals surface area contributed by atoms with Gasteiger partial charge in [-0.25, -0.2) is 0 Å². The van der Waals surface area contributed by atoms with Crippen molar-refractivity contribution in [2.45, 2.75) is 0 Å². The molecule has 0 bridgehead atoms. The van der Waals surface area contributed by atoms with E-state index in [2.05, 4.69) is 6.07 Å². The normalized spacial score (nSPS) is 11.2. The highest BCUT2D eigenvalue weighted by Gasteiger charge is 2.04. The van der Waals surface area contributed by atoms with Gasteiger partial charge in [0.15, 0.2) is 0 Å². The van der Waals surface area contributed by atoms with Crippen molar-refractivity contribution in [3.8, 4) is 0 Å². The number of fused-ring (bicyclic) bond motifs is 2. The Labute approximate surface area is 114 Å². The molecule has 0 amide bonds. The van der Waals surface area contributed by atoms with Crippen LogP contribution in [0.3, 0.4) is 0 Å². The van der Waals surface area contributed by atoms with Crippen LogP contribution in [0.1, 0.15) is 0 Å². The van der Waals surface area contributed by atoms with Crippen LogP contribution < -0.4 is 0 Å². The van der Waals surface area contributed by atoms with Gasteiger partial charge in [0.25, 0.3) is 0 Å². The highest BCUT2D eigenvalue weighted by molar-refractivity contribution is 6.43. The zero-order valence-corrected chi connectivity index (χ0v) is 10.9. The van der Waals surface area contributed by atoms with Crippen LogP contribution in [0, 0.1) is 0 Å². The maximum Gasteiger partial charge on any atom is 0.0598 e. The van der Waals surface area contributed by atoms with Crippen molar-refractivity contribution in [1.29, 1.82) is 0 Å². The molecule has 84 valence electrons. The van der Waals surface area contributed by atoms with Gasteiger partial charge in [-0.15, -0.1) is 0 Å². The molecule has 3 aromatic rings. The number of benzene rings is 3. The number of rotatable bonds is 0. The average molecular weight is 282 g/mol. The van der Waals surface area contributed by atoms with E-state index in [1.54, 1.807) is 0 Å². The van der Waals surface area contributed by atoms with Crippen LogP contribution in [-0.2, 0) is 0 Å². The number of hydrogen-bond acceptors (Lipinski definition) is 0. The summed E-state index contributed by atoms with van der Waals surface area (Å²) in [5.74, 6) is 0. The minimum absolute atomic E-state index is 0.561. The van der Waals surface area contributed by atoms with Crippen LogP contribution in [0.2, 0.25) is 15.1 Å². The maximum atomic E-state index is 6.17. The van der Waals surface area contributed by atoms with Gasteiger partial charge in [-0.3, -0.25) is 0 Å². The Morgan fingerprint density at radius 2 is 1.24 bits per heavy atom. The lowest BCUT2D eigenvalue weighted by Crippen LogP contribution is -1.79. The van der Waals surface area contributed by atoms with Gasteiger partial charge >= 0.3 is 0 Å². The smallest absolute Gasteiger partial charge is 0.0598 e. The first-order valence-corrected chi connectivity index (χ1v) is 6.25. The van der Waals surface area contributed by atoms with E-state index >= 15 is 0 Å². The Kier molecular flexibility index (Phi) is 2.67. The predicted octanol–water partition coefficient (Wildman–Crippen LogP) is 5.95. The molecule has 3 rings (SSSR count). The Bertz CT molecular complexity index is 732. The molecular weight excluding hydrogens is 275 g/mol. The summed E-state index contributed by atoms with van der Waals surface area (Å²) in [6.07, 6.45) is 0. The van der Waals surface area contributed by atoms with Crippen molar-refractivity contribution in [1.82, 2.24) is 0 Å². The van der Waals surface area contributed by atoms with Gasteiger partial charge in [-0.2, -0.15) is 0 Å². The second kappa shape index (κ2) is 4.06. The molecule has 0 radical (unpaired) electrons. The molecule has 0 N–H and O–H groups in total. The van der Waals surface area contributed by atoms with Crippen molar-refractivity contribution >= 4 is 56.3 Å². The fourth-order valence-electron chi connectivity index (χ4n) is 1.98. The molecule has 0 aliphatic heterocycles. The molecule has 0 saturated heterocycles.